The van der Waals surface area contributed by atoms with E-state index in [0.29, 0.717) is 24.3 Å². The van der Waals surface area contributed by atoms with Gasteiger partial charge in [-0.05, 0) is 36.5 Å². The lowest BCUT2D eigenvalue weighted by Gasteiger charge is -2.23. The van der Waals surface area contributed by atoms with Crippen molar-refractivity contribution in [3.63, 3.8) is 0 Å². The lowest BCUT2D eigenvalue weighted by molar-refractivity contribution is -0.131. The lowest BCUT2D eigenvalue weighted by atomic mass is 9.95. The molecule has 3 heterocycles. The summed E-state index contributed by atoms with van der Waals surface area (Å²) in [5, 5.41) is 1.05. The van der Waals surface area contributed by atoms with Gasteiger partial charge in [-0.2, -0.15) is 0 Å². The molecule has 0 saturated carbocycles. The van der Waals surface area contributed by atoms with E-state index in [9.17, 15) is 4.79 Å². The van der Waals surface area contributed by atoms with E-state index >= 15 is 0 Å². The van der Waals surface area contributed by atoms with Crippen molar-refractivity contribution in [3.05, 3.63) is 30.1 Å². The van der Waals surface area contributed by atoms with Gasteiger partial charge in [0.1, 0.15) is 5.65 Å². The highest BCUT2D eigenvalue weighted by Gasteiger charge is 2.36. The van der Waals surface area contributed by atoms with Crippen molar-refractivity contribution in [2.24, 2.45) is 11.8 Å². The molecule has 1 aliphatic heterocycles. The van der Waals surface area contributed by atoms with Gasteiger partial charge in [0, 0.05) is 30.4 Å². The molecule has 1 aliphatic rings. The number of carbonyl (C=O) groups excluding carboxylic acids is 1. The highest BCUT2D eigenvalue weighted by molar-refractivity contribution is 5.87. The van der Waals surface area contributed by atoms with E-state index in [0.717, 1.165) is 23.1 Å². The quantitative estimate of drug-likeness (QED) is 0.912. The molecule has 1 saturated heterocycles. The second-order valence-electron chi connectivity index (χ2n) is 6.01. The number of aromatic amines is 1. The molecule has 0 radical (unpaired) electrons. The van der Waals surface area contributed by atoms with Crippen molar-refractivity contribution < 1.29 is 4.79 Å². The summed E-state index contributed by atoms with van der Waals surface area (Å²) >= 11 is 0. The van der Waals surface area contributed by atoms with Crippen LogP contribution in [0, 0.1) is 11.8 Å². The van der Waals surface area contributed by atoms with Crippen molar-refractivity contribution in [2.75, 3.05) is 6.54 Å². The molecule has 0 bridgehead atoms. The van der Waals surface area contributed by atoms with Crippen LogP contribution in [-0.4, -0.2) is 33.4 Å². The number of nitrogens with zero attached hydrogens (tertiary/aromatic N) is 2. The van der Waals surface area contributed by atoms with Crippen molar-refractivity contribution in [1.82, 2.24) is 14.9 Å². The van der Waals surface area contributed by atoms with Crippen LogP contribution in [0.1, 0.15) is 26.3 Å². The molecule has 0 aromatic carbocycles. The number of amides is 1. The number of H-pyrrole nitrogens is 1. The van der Waals surface area contributed by atoms with E-state index in [1.54, 1.807) is 6.20 Å². The molecular formula is C16H21N3O. The fourth-order valence-corrected chi connectivity index (χ4v) is 3.15. The molecule has 1 amide bonds. The number of fused-ring (bicyclic) bond motifs is 1. The Morgan fingerprint density at radius 1 is 1.45 bits per heavy atom. The summed E-state index contributed by atoms with van der Waals surface area (Å²) in [6, 6.07) is 4.26. The summed E-state index contributed by atoms with van der Waals surface area (Å²) in [6.45, 7) is 7.49. The number of rotatable bonds is 2. The standard InChI is InChI=1S/C16H21N3O/c1-10-9-19(12(3)11(10)2)15(20)7-13-8-18-16-14(13)5-4-6-17-16/h4-6,8,10-12H,7,9H2,1-3H3,(H,17,18). The van der Waals surface area contributed by atoms with Crippen molar-refractivity contribution in [3.8, 4) is 0 Å². The van der Waals surface area contributed by atoms with Crippen molar-refractivity contribution >= 4 is 16.9 Å². The average Bonchev–Trinajstić information content (AvgIpc) is 2.96. The molecule has 3 rings (SSSR count). The second kappa shape index (κ2) is 4.93. The first-order valence-corrected chi connectivity index (χ1v) is 7.28. The van der Waals surface area contributed by atoms with Gasteiger partial charge >= 0.3 is 0 Å². The second-order valence-corrected chi connectivity index (χ2v) is 6.01. The number of nitrogens with one attached hydrogen (secondary N) is 1. The fourth-order valence-electron chi connectivity index (χ4n) is 3.15. The van der Waals surface area contributed by atoms with Gasteiger partial charge in [-0.3, -0.25) is 4.79 Å². The van der Waals surface area contributed by atoms with Gasteiger partial charge in [0.25, 0.3) is 0 Å². The zero-order valence-corrected chi connectivity index (χ0v) is 12.3. The van der Waals surface area contributed by atoms with E-state index < -0.39 is 0 Å². The molecule has 1 fully saturated rings. The minimum atomic E-state index is 0.221. The Morgan fingerprint density at radius 3 is 2.95 bits per heavy atom. The summed E-state index contributed by atoms with van der Waals surface area (Å²) in [5.74, 6) is 1.38. The number of aromatic nitrogens is 2. The first kappa shape index (κ1) is 13.2. The third-order valence-electron chi connectivity index (χ3n) is 4.83. The highest BCUT2D eigenvalue weighted by atomic mass is 16.2. The summed E-state index contributed by atoms with van der Waals surface area (Å²) in [7, 11) is 0. The van der Waals surface area contributed by atoms with Crippen molar-refractivity contribution in [1.29, 1.82) is 0 Å². The zero-order chi connectivity index (χ0) is 14.3. The predicted molar refractivity (Wildman–Crippen MR) is 79.3 cm³/mol. The Hall–Kier alpha value is -1.84. The Bertz CT molecular complexity index is 633. The largest absolute Gasteiger partial charge is 0.346 e. The Kier molecular flexibility index (Phi) is 3.24. The Balaban J connectivity index is 1.80. The minimum absolute atomic E-state index is 0.221. The molecule has 1 N–H and O–H groups in total. The molecule has 3 atom stereocenters. The monoisotopic (exact) mass is 271 g/mol. The van der Waals surface area contributed by atoms with Gasteiger partial charge in [-0.15, -0.1) is 0 Å². The number of carbonyl (C=O) groups is 1. The van der Waals surface area contributed by atoms with E-state index in [4.69, 9.17) is 0 Å². The Morgan fingerprint density at radius 2 is 2.25 bits per heavy atom. The fraction of sp³-hybridized carbons (Fsp3) is 0.500. The molecule has 4 heteroatoms. The highest BCUT2D eigenvalue weighted by Crippen LogP contribution is 2.29. The Labute approximate surface area is 119 Å². The van der Waals surface area contributed by atoms with Crippen LogP contribution in [0.2, 0.25) is 0 Å². The summed E-state index contributed by atoms with van der Waals surface area (Å²) in [5.41, 5.74) is 1.89. The van der Waals surface area contributed by atoms with E-state index in [1.807, 2.05) is 23.2 Å². The molecule has 4 nitrogen and oxygen atoms in total. The van der Waals surface area contributed by atoms with Gasteiger partial charge < -0.3 is 9.88 Å². The van der Waals surface area contributed by atoms with Gasteiger partial charge in [0.2, 0.25) is 5.91 Å². The molecule has 0 spiro atoms. The third-order valence-corrected chi connectivity index (χ3v) is 4.83. The summed E-state index contributed by atoms with van der Waals surface area (Å²) in [6.07, 6.45) is 4.12. The van der Waals surface area contributed by atoms with Gasteiger partial charge in [-0.25, -0.2) is 4.98 Å². The molecular weight excluding hydrogens is 250 g/mol. The summed E-state index contributed by atoms with van der Waals surface area (Å²) < 4.78 is 0. The van der Waals surface area contributed by atoms with Crippen LogP contribution in [0.5, 0.6) is 0 Å². The third kappa shape index (κ3) is 2.09. The first-order valence-electron chi connectivity index (χ1n) is 7.28. The number of likely N-dealkylation sites (tertiary alicyclic amines) is 1. The minimum Gasteiger partial charge on any atom is -0.346 e. The molecule has 20 heavy (non-hydrogen) atoms. The molecule has 2 aromatic rings. The lowest BCUT2D eigenvalue weighted by Crippen LogP contribution is -2.36. The van der Waals surface area contributed by atoms with Gasteiger partial charge in [0.15, 0.2) is 0 Å². The first-order chi connectivity index (χ1) is 9.58. The van der Waals surface area contributed by atoms with Crippen LogP contribution in [-0.2, 0) is 11.2 Å². The number of pyridine rings is 1. The maximum Gasteiger partial charge on any atom is 0.227 e. The molecule has 106 valence electrons. The van der Waals surface area contributed by atoms with E-state index in [-0.39, 0.29) is 5.91 Å². The van der Waals surface area contributed by atoms with Crippen LogP contribution in [0.25, 0.3) is 11.0 Å². The maximum atomic E-state index is 12.5. The smallest absolute Gasteiger partial charge is 0.227 e. The topological polar surface area (TPSA) is 49.0 Å². The SMILES string of the molecule is CC1CN(C(=O)Cc2c[nH]c3ncccc23)C(C)C1C. The van der Waals surface area contributed by atoms with Crippen molar-refractivity contribution in [2.45, 2.75) is 33.2 Å². The van der Waals surface area contributed by atoms with Crippen LogP contribution >= 0.6 is 0 Å². The number of hydrogen-bond acceptors (Lipinski definition) is 2. The van der Waals surface area contributed by atoms with Crippen LogP contribution < -0.4 is 0 Å². The van der Waals surface area contributed by atoms with Crippen LogP contribution in [0.4, 0.5) is 0 Å². The average molecular weight is 271 g/mol. The predicted octanol–water partition coefficient (Wildman–Crippen LogP) is 2.61. The van der Waals surface area contributed by atoms with E-state index in [1.165, 1.54) is 0 Å². The normalized spacial score (nSPS) is 26.4. The molecule has 2 aromatic heterocycles. The van der Waals surface area contributed by atoms with Crippen LogP contribution in [0.3, 0.4) is 0 Å². The molecule has 3 unspecified atom stereocenters. The summed E-state index contributed by atoms with van der Waals surface area (Å²) in [4.78, 5) is 22.0. The van der Waals surface area contributed by atoms with Crippen LogP contribution in [0.15, 0.2) is 24.5 Å². The zero-order valence-electron chi connectivity index (χ0n) is 12.3. The number of hydrogen-bond donors (Lipinski definition) is 1. The van der Waals surface area contributed by atoms with E-state index in [2.05, 4.69) is 30.7 Å². The van der Waals surface area contributed by atoms with Gasteiger partial charge in [0.05, 0.1) is 6.42 Å². The maximum absolute atomic E-state index is 12.5. The van der Waals surface area contributed by atoms with Gasteiger partial charge in [-0.1, -0.05) is 13.8 Å². The molecule has 0 aliphatic carbocycles.